The zero-order valence-electron chi connectivity index (χ0n) is 17.6. The molecule has 0 aromatic carbocycles. The summed E-state index contributed by atoms with van der Waals surface area (Å²) < 4.78 is 38.1. The molecule has 2 heterocycles. The van der Waals surface area contributed by atoms with E-state index in [4.69, 9.17) is 17.1 Å². The molecule has 1 aliphatic carbocycles. The molecule has 0 aliphatic heterocycles. The third-order valence-corrected chi connectivity index (χ3v) is 6.46. The zero-order chi connectivity index (χ0) is 22.6. The molecule has 2 atom stereocenters. The summed E-state index contributed by atoms with van der Waals surface area (Å²) in [7, 11) is 0. The van der Waals surface area contributed by atoms with E-state index >= 15 is 0 Å². The van der Waals surface area contributed by atoms with Gasteiger partial charge in [0.15, 0.2) is 0 Å². The van der Waals surface area contributed by atoms with E-state index in [9.17, 15) is 13.2 Å². The van der Waals surface area contributed by atoms with Crippen molar-refractivity contribution >= 4 is 23.1 Å². The second-order valence-electron chi connectivity index (χ2n) is 7.70. The van der Waals surface area contributed by atoms with Gasteiger partial charge in [0.2, 0.25) is 5.95 Å². The molecule has 2 aromatic heterocycles. The predicted octanol–water partition coefficient (Wildman–Crippen LogP) is 4.16. The summed E-state index contributed by atoms with van der Waals surface area (Å²) in [6.45, 7) is 3.19. The number of rotatable bonds is 8. The van der Waals surface area contributed by atoms with Crippen LogP contribution in [0.5, 0.6) is 0 Å². The third kappa shape index (κ3) is 5.86. The second kappa shape index (κ2) is 9.83. The Morgan fingerprint density at radius 2 is 2.03 bits per heavy atom. The van der Waals surface area contributed by atoms with Crippen LogP contribution in [0.4, 0.5) is 24.9 Å². The molecule has 3 rings (SSSR count). The number of nitrogens with one attached hydrogen (secondary N) is 2. The SMILES string of the molecule is C#CCc1sc(-c2c(C)nc(NCC(F)(F)F)nc2N[C@H]2CC[C@@H](CN)C2)nc1CC. The number of thiazole rings is 1. The third-order valence-electron chi connectivity index (χ3n) is 5.34. The van der Waals surface area contributed by atoms with E-state index in [-0.39, 0.29) is 12.0 Å². The number of nitrogens with two attached hydrogens (primary N) is 1. The predicted molar refractivity (Wildman–Crippen MR) is 118 cm³/mol. The van der Waals surface area contributed by atoms with Gasteiger partial charge in [-0.15, -0.1) is 23.7 Å². The average Bonchev–Trinajstić information content (AvgIpc) is 3.32. The number of halogens is 3. The normalized spacial score (nSPS) is 18.7. The topological polar surface area (TPSA) is 88.8 Å². The van der Waals surface area contributed by atoms with Crippen LogP contribution in [0.3, 0.4) is 0 Å². The average molecular weight is 453 g/mol. The molecule has 0 bridgehead atoms. The van der Waals surface area contributed by atoms with Crippen molar-refractivity contribution in [3.05, 3.63) is 16.3 Å². The van der Waals surface area contributed by atoms with Crippen LogP contribution in [0.1, 0.15) is 42.5 Å². The van der Waals surface area contributed by atoms with Gasteiger partial charge in [0.1, 0.15) is 17.4 Å². The van der Waals surface area contributed by atoms with Crippen molar-refractivity contribution in [2.45, 2.75) is 58.2 Å². The van der Waals surface area contributed by atoms with Gasteiger partial charge in [-0.2, -0.15) is 18.2 Å². The lowest BCUT2D eigenvalue weighted by atomic mass is 10.1. The zero-order valence-corrected chi connectivity index (χ0v) is 18.5. The minimum atomic E-state index is -4.36. The molecule has 168 valence electrons. The van der Waals surface area contributed by atoms with Crippen molar-refractivity contribution < 1.29 is 13.2 Å². The lowest BCUT2D eigenvalue weighted by Gasteiger charge is -2.18. The first-order chi connectivity index (χ1) is 14.7. The number of hydrogen-bond acceptors (Lipinski definition) is 7. The van der Waals surface area contributed by atoms with Gasteiger partial charge < -0.3 is 16.4 Å². The molecule has 1 fully saturated rings. The Morgan fingerprint density at radius 1 is 1.26 bits per heavy atom. The molecule has 0 amide bonds. The van der Waals surface area contributed by atoms with E-state index in [1.54, 1.807) is 6.92 Å². The maximum atomic E-state index is 12.7. The molecule has 1 aliphatic rings. The highest BCUT2D eigenvalue weighted by Gasteiger charge is 2.29. The molecule has 0 radical (unpaired) electrons. The minimum absolute atomic E-state index is 0.0643. The highest BCUT2D eigenvalue weighted by molar-refractivity contribution is 7.15. The van der Waals surface area contributed by atoms with Gasteiger partial charge in [-0.05, 0) is 45.1 Å². The monoisotopic (exact) mass is 452 g/mol. The molecule has 4 N–H and O–H groups in total. The van der Waals surface area contributed by atoms with Crippen LogP contribution in [0.15, 0.2) is 0 Å². The first-order valence-corrected chi connectivity index (χ1v) is 11.1. The molecule has 1 saturated carbocycles. The molecule has 0 spiro atoms. The van der Waals surface area contributed by atoms with Crippen LogP contribution in [-0.4, -0.2) is 40.3 Å². The van der Waals surface area contributed by atoms with Crippen molar-refractivity contribution in [3.8, 4) is 22.9 Å². The molecule has 10 heteroatoms. The van der Waals surface area contributed by atoms with Crippen LogP contribution in [0.2, 0.25) is 0 Å². The Hall–Kier alpha value is -2.38. The fraction of sp³-hybridized carbons (Fsp3) is 0.571. The van der Waals surface area contributed by atoms with Gasteiger partial charge in [0.05, 0.1) is 17.0 Å². The molecule has 2 aromatic rings. The minimum Gasteiger partial charge on any atom is -0.367 e. The van der Waals surface area contributed by atoms with Gasteiger partial charge in [0.25, 0.3) is 0 Å². The van der Waals surface area contributed by atoms with E-state index in [1.165, 1.54) is 11.3 Å². The second-order valence-corrected chi connectivity index (χ2v) is 8.79. The fourth-order valence-corrected chi connectivity index (χ4v) is 5.00. The first kappa shape index (κ1) is 23.3. The molecular weight excluding hydrogens is 425 g/mol. The number of anilines is 2. The summed E-state index contributed by atoms with van der Waals surface area (Å²) in [6.07, 6.45) is 5.18. The highest BCUT2D eigenvalue weighted by Crippen LogP contribution is 2.37. The molecular formula is C21H27F3N6S. The maximum Gasteiger partial charge on any atom is 0.405 e. The standard InChI is InChI=1S/C21H27F3N6S/c1-4-6-16-15(5-2)29-19(31-16)17-12(3)27-20(26-11-21(22,23)24)30-18(17)28-14-8-7-13(9-14)10-25/h1,13-14H,5-11,25H2,2-3H3,(H2,26,27,28,30)/t13-,14+/m1/s1. The van der Waals surface area contributed by atoms with Crippen molar-refractivity contribution in [2.24, 2.45) is 11.7 Å². The number of aryl methyl sites for hydroxylation is 2. The highest BCUT2D eigenvalue weighted by atomic mass is 32.1. The Bertz CT molecular complexity index is 950. The van der Waals surface area contributed by atoms with Gasteiger partial charge >= 0.3 is 6.18 Å². The number of hydrogen-bond donors (Lipinski definition) is 3. The Kier molecular flexibility index (Phi) is 7.38. The maximum absolute atomic E-state index is 12.7. The van der Waals surface area contributed by atoms with Crippen LogP contribution in [0, 0.1) is 25.2 Å². The van der Waals surface area contributed by atoms with Crippen molar-refractivity contribution in [3.63, 3.8) is 0 Å². The molecule has 0 unspecified atom stereocenters. The van der Waals surface area contributed by atoms with Crippen LogP contribution < -0.4 is 16.4 Å². The van der Waals surface area contributed by atoms with Gasteiger partial charge in [-0.25, -0.2) is 9.97 Å². The quantitative estimate of drug-likeness (QED) is 0.521. The summed E-state index contributed by atoms with van der Waals surface area (Å²) in [6, 6.07) is 0.146. The first-order valence-electron chi connectivity index (χ1n) is 10.3. The van der Waals surface area contributed by atoms with Gasteiger partial charge in [-0.1, -0.05) is 6.92 Å². The largest absolute Gasteiger partial charge is 0.405 e. The van der Waals surface area contributed by atoms with E-state index in [0.717, 1.165) is 41.3 Å². The van der Waals surface area contributed by atoms with Gasteiger partial charge in [0, 0.05) is 17.3 Å². The van der Waals surface area contributed by atoms with Gasteiger partial charge in [-0.3, -0.25) is 0 Å². The Balaban J connectivity index is 1.99. The summed E-state index contributed by atoms with van der Waals surface area (Å²) in [5.74, 6) is 3.51. The smallest absolute Gasteiger partial charge is 0.367 e. The van der Waals surface area contributed by atoms with E-state index < -0.39 is 12.7 Å². The van der Waals surface area contributed by atoms with E-state index in [2.05, 4.69) is 26.5 Å². The molecule has 0 saturated heterocycles. The summed E-state index contributed by atoms with van der Waals surface area (Å²) in [5, 5.41) is 6.43. The van der Waals surface area contributed by atoms with Crippen molar-refractivity contribution in [1.82, 2.24) is 15.0 Å². The lowest BCUT2D eigenvalue weighted by Crippen LogP contribution is -2.24. The van der Waals surface area contributed by atoms with Crippen molar-refractivity contribution in [1.29, 1.82) is 0 Å². The Labute approximate surface area is 184 Å². The van der Waals surface area contributed by atoms with Crippen LogP contribution in [-0.2, 0) is 12.8 Å². The fourth-order valence-electron chi connectivity index (χ4n) is 3.80. The van der Waals surface area contributed by atoms with Crippen LogP contribution in [0.25, 0.3) is 10.6 Å². The number of alkyl halides is 3. The van der Waals surface area contributed by atoms with E-state index in [0.29, 0.717) is 36.0 Å². The number of nitrogens with zero attached hydrogens (tertiary/aromatic N) is 3. The van der Waals surface area contributed by atoms with Crippen molar-refractivity contribution in [2.75, 3.05) is 23.7 Å². The Morgan fingerprint density at radius 3 is 2.65 bits per heavy atom. The summed E-state index contributed by atoms with van der Waals surface area (Å²) in [5.41, 5.74) is 7.99. The summed E-state index contributed by atoms with van der Waals surface area (Å²) >= 11 is 1.48. The van der Waals surface area contributed by atoms with E-state index in [1.807, 2.05) is 6.92 Å². The summed E-state index contributed by atoms with van der Waals surface area (Å²) in [4.78, 5) is 14.4. The lowest BCUT2D eigenvalue weighted by molar-refractivity contribution is -0.115. The number of aromatic nitrogens is 3. The number of terminal acetylenes is 1. The van der Waals surface area contributed by atoms with Crippen LogP contribution >= 0.6 is 11.3 Å². The molecule has 31 heavy (non-hydrogen) atoms. The molecule has 6 nitrogen and oxygen atoms in total.